The third kappa shape index (κ3) is 2.31. The molecule has 0 fully saturated rings. The normalized spacial score (nSPS) is 10.6. The molecule has 8 heteroatoms. The molecule has 8 nitrogen and oxygen atoms in total. The molecular weight excluding hydrogens is 236 g/mol. The number of nitrogens with zero attached hydrogens (tertiary/aromatic N) is 4. The molecule has 0 aromatic carbocycles. The SMILES string of the molecule is CCc1nn(C)cc1CNC(=O)c1nonc1N. The topological polar surface area (TPSA) is 112 Å². The van der Waals surface area contributed by atoms with Crippen molar-refractivity contribution in [2.75, 3.05) is 5.73 Å². The van der Waals surface area contributed by atoms with E-state index in [0.29, 0.717) is 6.54 Å². The standard InChI is InChI=1S/C10H14N6O2/c1-3-7-6(5-16(2)13-7)4-12-10(17)8-9(11)15-18-14-8/h5H,3-4H2,1-2H3,(H2,11,15)(H,12,17). The first-order valence-electron chi connectivity index (χ1n) is 5.49. The van der Waals surface area contributed by atoms with Crippen molar-refractivity contribution in [2.45, 2.75) is 19.9 Å². The average Bonchev–Trinajstić information content (AvgIpc) is 2.92. The van der Waals surface area contributed by atoms with Crippen molar-refractivity contribution in [3.05, 3.63) is 23.1 Å². The first-order chi connectivity index (χ1) is 8.61. The van der Waals surface area contributed by atoms with Gasteiger partial charge in [-0.05, 0) is 16.7 Å². The molecule has 0 saturated carbocycles. The quantitative estimate of drug-likeness (QED) is 0.782. The number of nitrogen functional groups attached to an aromatic ring is 1. The molecule has 0 aliphatic carbocycles. The lowest BCUT2D eigenvalue weighted by Gasteiger charge is -2.02. The highest BCUT2D eigenvalue weighted by molar-refractivity contribution is 5.95. The smallest absolute Gasteiger partial charge is 0.277 e. The fourth-order valence-corrected chi connectivity index (χ4v) is 1.64. The van der Waals surface area contributed by atoms with E-state index in [1.807, 2.05) is 20.2 Å². The van der Waals surface area contributed by atoms with E-state index in [4.69, 9.17) is 5.73 Å². The van der Waals surface area contributed by atoms with E-state index in [1.54, 1.807) is 4.68 Å². The highest BCUT2D eigenvalue weighted by Gasteiger charge is 2.16. The van der Waals surface area contributed by atoms with Crippen molar-refractivity contribution in [3.63, 3.8) is 0 Å². The molecular formula is C10H14N6O2. The van der Waals surface area contributed by atoms with Crippen molar-refractivity contribution < 1.29 is 9.42 Å². The molecule has 0 radical (unpaired) electrons. The summed E-state index contributed by atoms with van der Waals surface area (Å²) in [7, 11) is 1.84. The van der Waals surface area contributed by atoms with Gasteiger partial charge in [0.1, 0.15) is 0 Å². The van der Waals surface area contributed by atoms with Crippen LogP contribution in [0.15, 0.2) is 10.8 Å². The van der Waals surface area contributed by atoms with Gasteiger partial charge < -0.3 is 11.1 Å². The molecule has 18 heavy (non-hydrogen) atoms. The summed E-state index contributed by atoms with van der Waals surface area (Å²) >= 11 is 0. The molecule has 96 valence electrons. The van der Waals surface area contributed by atoms with Crippen LogP contribution in [-0.2, 0) is 20.0 Å². The van der Waals surface area contributed by atoms with Crippen molar-refractivity contribution in [2.24, 2.45) is 7.05 Å². The number of aromatic nitrogens is 4. The fraction of sp³-hybridized carbons (Fsp3) is 0.400. The number of aryl methyl sites for hydroxylation is 2. The molecule has 2 rings (SSSR count). The Labute approximate surface area is 103 Å². The summed E-state index contributed by atoms with van der Waals surface area (Å²) in [6.07, 6.45) is 2.67. The number of nitrogens with two attached hydrogens (primary N) is 1. The number of rotatable bonds is 4. The minimum atomic E-state index is -0.417. The summed E-state index contributed by atoms with van der Waals surface area (Å²) in [6, 6.07) is 0. The largest absolute Gasteiger partial charge is 0.379 e. The zero-order valence-corrected chi connectivity index (χ0v) is 10.2. The van der Waals surface area contributed by atoms with Crippen LogP contribution in [0.5, 0.6) is 0 Å². The van der Waals surface area contributed by atoms with Gasteiger partial charge in [-0.1, -0.05) is 6.92 Å². The van der Waals surface area contributed by atoms with Gasteiger partial charge in [-0.15, -0.1) is 0 Å². The summed E-state index contributed by atoms with van der Waals surface area (Å²) in [6.45, 7) is 2.37. The highest BCUT2D eigenvalue weighted by atomic mass is 16.6. The maximum Gasteiger partial charge on any atom is 0.277 e. The van der Waals surface area contributed by atoms with Gasteiger partial charge in [-0.3, -0.25) is 9.48 Å². The van der Waals surface area contributed by atoms with Gasteiger partial charge in [0.05, 0.1) is 5.69 Å². The molecule has 0 spiro atoms. The first-order valence-corrected chi connectivity index (χ1v) is 5.49. The molecule has 0 aliphatic heterocycles. The van der Waals surface area contributed by atoms with Crippen LogP contribution in [-0.4, -0.2) is 26.0 Å². The Kier molecular flexibility index (Phi) is 3.26. The van der Waals surface area contributed by atoms with E-state index in [-0.39, 0.29) is 11.5 Å². The second-order valence-electron chi connectivity index (χ2n) is 3.81. The minimum absolute atomic E-state index is 0.00283. The molecule has 2 aromatic heterocycles. The molecule has 0 aliphatic rings. The molecule has 0 unspecified atom stereocenters. The number of anilines is 1. The molecule has 1 amide bonds. The van der Waals surface area contributed by atoms with Crippen LogP contribution in [0.4, 0.5) is 5.82 Å². The van der Waals surface area contributed by atoms with Gasteiger partial charge in [-0.25, -0.2) is 4.63 Å². The molecule has 2 aromatic rings. The minimum Gasteiger partial charge on any atom is -0.379 e. The number of carbonyl (C=O) groups excluding carboxylic acids is 1. The predicted octanol–water partition coefficient (Wildman–Crippen LogP) is -0.122. The molecule has 3 N–H and O–H groups in total. The number of hydrogen-bond donors (Lipinski definition) is 2. The van der Waals surface area contributed by atoms with E-state index in [2.05, 4.69) is 25.4 Å². The number of nitrogens with one attached hydrogen (secondary N) is 1. The molecule has 0 atom stereocenters. The van der Waals surface area contributed by atoms with Gasteiger partial charge in [0.15, 0.2) is 0 Å². The number of hydrogen-bond acceptors (Lipinski definition) is 6. The van der Waals surface area contributed by atoms with Gasteiger partial charge in [0, 0.05) is 25.4 Å². The van der Waals surface area contributed by atoms with E-state index in [1.165, 1.54) is 0 Å². The summed E-state index contributed by atoms with van der Waals surface area (Å²) in [5, 5.41) is 13.8. The Hall–Kier alpha value is -2.38. The third-order valence-electron chi connectivity index (χ3n) is 2.50. The van der Waals surface area contributed by atoms with Gasteiger partial charge in [-0.2, -0.15) is 5.10 Å². The maximum atomic E-state index is 11.7. The lowest BCUT2D eigenvalue weighted by atomic mass is 10.2. The van der Waals surface area contributed by atoms with Gasteiger partial charge >= 0.3 is 0 Å². The summed E-state index contributed by atoms with van der Waals surface area (Å²) in [5.74, 6) is -0.436. The Morgan fingerprint density at radius 3 is 2.94 bits per heavy atom. The zero-order chi connectivity index (χ0) is 13.1. The average molecular weight is 250 g/mol. The van der Waals surface area contributed by atoms with Crippen LogP contribution in [0.1, 0.15) is 28.7 Å². The Bertz CT molecular complexity index is 558. The second kappa shape index (κ2) is 4.86. The second-order valence-corrected chi connectivity index (χ2v) is 3.81. The Morgan fingerprint density at radius 1 is 1.56 bits per heavy atom. The molecule has 2 heterocycles. The summed E-state index contributed by atoms with van der Waals surface area (Å²) in [4.78, 5) is 11.7. The van der Waals surface area contributed by atoms with Crippen molar-refractivity contribution in [3.8, 4) is 0 Å². The fourth-order valence-electron chi connectivity index (χ4n) is 1.64. The van der Waals surface area contributed by atoms with Crippen LogP contribution < -0.4 is 11.1 Å². The lowest BCUT2D eigenvalue weighted by molar-refractivity contribution is 0.0941. The maximum absolute atomic E-state index is 11.7. The summed E-state index contributed by atoms with van der Waals surface area (Å²) in [5.41, 5.74) is 7.33. The highest BCUT2D eigenvalue weighted by Crippen LogP contribution is 2.08. The van der Waals surface area contributed by atoms with Crippen LogP contribution in [0.2, 0.25) is 0 Å². The third-order valence-corrected chi connectivity index (χ3v) is 2.50. The monoisotopic (exact) mass is 250 g/mol. The summed E-state index contributed by atoms with van der Waals surface area (Å²) < 4.78 is 6.08. The van der Waals surface area contributed by atoms with Crippen molar-refractivity contribution in [1.82, 2.24) is 25.4 Å². The molecule has 0 bridgehead atoms. The van der Waals surface area contributed by atoms with Crippen LogP contribution in [0.25, 0.3) is 0 Å². The first kappa shape index (κ1) is 12.1. The van der Waals surface area contributed by atoms with E-state index in [9.17, 15) is 4.79 Å². The Morgan fingerprint density at radius 2 is 2.33 bits per heavy atom. The predicted molar refractivity (Wildman–Crippen MR) is 62.5 cm³/mol. The Balaban J connectivity index is 2.03. The van der Waals surface area contributed by atoms with Crippen LogP contribution in [0, 0.1) is 0 Å². The van der Waals surface area contributed by atoms with E-state index in [0.717, 1.165) is 17.7 Å². The zero-order valence-electron chi connectivity index (χ0n) is 10.2. The van der Waals surface area contributed by atoms with Crippen molar-refractivity contribution in [1.29, 1.82) is 0 Å². The lowest BCUT2D eigenvalue weighted by Crippen LogP contribution is -2.24. The van der Waals surface area contributed by atoms with E-state index >= 15 is 0 Å². The van der Waals surface area contributed by atoms with E-state index < -0.39 is 5.91 Å². The number of carbonyl (C=O) groups is 1. The van der Waals surface area contributed by atoms with Crippen LogP contribution in [0.3, 0.4) is 0 Å². The molecule has 0 saturated heterocycles. The van der Waals surface area contributed by atoms with Crippen LogP contribution >= 0.6 is 0 Å². The van der Waals surface area contributed by atoms with Crippen molar-refractivity contribution >= 4 is 11.7 Å². The van der Waals surface area contributed by atoms with Gasteiger partial charge in [0.2, 0.25) is 11.5 Å². The number of amides is 1. The van der Waals surface area contributed by atoms with Gasteiger partial charge in [0.25, 0.3) is 5.91 Å².